The molecule has 124 valence electrons. The van der Waals surface area contributed by atoms with Crippen LogP contribution in [0.1, 0.15) is 19.3 Å². The Morgan fingerprint density at radius 1 is 1.30 bits per heavy atom. The number of carboxylic acid groups (broad SMARTS) is 1. The quantitative estimate of drug-likeness (QED) is 0.892. The molecule has 0 unspecified atom stereocenters. The fourth-order valence-corrected chi connectivity index (χ4v) is 5.53. The van der Waals surface area contributed by atoms with Crippen molar-refractivity contribution < 1.29 is 27.8 Å². The molecule has 2 heterocycles. The van der Waals surface area contributed by atoms with Gasteiger partial charge in [0.15, 0.2) is 11.5 Å². The topological polar surface area (TPSA) is 93.1 Å². The number of nitrogens with zero attached hydrogens (tertiary/aromatic N) is 1. The van der Waals surface area contributed by atoms with E-state index in [1.54, 1.807) is 6.07 Å². The molecule has 1 aliphatic carbocycles. The molecule has 8 heteroatoms. The molecular weight excluding hydrogens is 322 g/mol. The molecule has 0 aromatic heterocycles. The number of aliphatic carboxylic acids is 1. The maximum atomic E-state index is 12.9. The van der Waals surface area contributed by atoms with Crippen LogP contribution in [0.3, 0.4) is 0 Å². The highest BCUT2D eigenvalue weighted by atomic mass is 32.2. The number of hydrogen-bond donors (Lipinski definition) is 1. The van der Waals surface area contributed by atoms with E-state index in [2.05, 4.69) is 0 Å². The van der Waals surface area contributed by atoms with Crippen LogP contribution in [0.4, 0.5) is 0 Å². The van der Waals surface area contributed by atoms with Crippen molar-refractivity contribution in [2.24, 2.45) is 11.3 Å². The van der Waals surface area contributed by atoms with E-state index in [0.29, 0.717) is 17.9 Å². The van der Waals surface area contributed by atoms with Crippen LogP contribution in [0.15, 0.2) is 23.1 Å². The Kier molecular flexibility index (Phi) is 3.11. The first-order chi connectivity index (χ1) is 10.9. The maximum Gasteiger partial charge on any atom is 0.311 e. The van der Waals surface area contributed by atoms with Crippen LogP contribution in [0.2, 0.25) is 0 Å². The minimum absolute atomic E-state index is 0.0454. The highest BCUT2D eigenvalue weighted by molar-refractivity contribution is 7.89. The largest absolute Gasteiger partial charge is 0.481 e. The van der Waals surface area contributed by atoms with Crippen molar-refractivity contribution >= 4 is 16.0 Å². The second-order valence-corrected chi connectivity index (χ2v) is 8.30. The Hall–Kier alpha value is -1.80. The van der Waals surface area contributed by atoms with Gasteiger partial charge in [0.05, 0.1) is 10.3 Å². The van der Waals surface area contributed by atoms with E-state index in [-0.39, 0.29) is 30.7 Å². The molecule has 1 N–H and O–H groups in total. The van der Waals surface area contributed by atoms with Crippen molar-refractivity contribution in [3.8, 4) is 11.5 Å². The molecule has 2 atom stereocenters. The van der Waals surface area contributed by atoms with Crippen molar-refractivity contribution in [3.05, 3.63) is 18.2 Å². The number of hydrogen-bond acceptors (Lipinski definition) is 5. The number of fused-ring (bicyclic) bond motifs is 2. The van der Waals surface area contributed by atoms with Gasteiger partial charge in [0.1, 0.15) is 0 Å². The molecule has 2 fully saturated rings. The lowest BCUT2D eigenvalue weighted by molar-refractivity contribution is -0.149. The Labute approximate surface area is 133 Å². The second-order valence-electron chi connectivity index (χ2n) is 6.36. The Morgan fingerprint density at radius 2 is 2.09 bits per heavy atom. The molecule has 0 radical (unpaired) electrons. The first-order valence-electron chi connectivity index (χ1n) is 7.57. The van der Waals surface area contributed by atoms with Gasteiger partial charge < -0.3 is 14.6 Å². The average molecular weight is 339 g/mol. The summed E-state index contributed by atoms with van der Waals surface area (Å²) in [7, 11) is -3.74. The summed E-state index contributed by atoms with van der Waals surface area (Å²) in [6.07, 6.45) is 2.15. The van der Waals surface area contributed by atoms with Crippen molar-refractivity contribution in [1.29, 1.82) is 0 Å². The molecule has 23 heavy (non-hydrogen) atoms. The van der Waals surface area contributed by atoms with E-state index in [1.807, 2.05) is 0 Å². The SMILES string of the molecule is O=C(O)[C@@]12CCC[C@H]1CN(S(=O)(=O)c1ccc3c(c1)OCO3)C2. The van der Waals surface area contributed by atoms with E-state index in [9.17, 15) is 18.3 Å². The summed E-state index contributed by atoms with van der Waals surface area (Å²) in [6, 6.07) is 4.49. The van der Waals surface area contributed by atoms with Crippen LogP contribution in [-0.2, 0) is 14.8 Å². The highest BCUT2D eigenvalue weighted by Gasteiger charge is 2.57. The standard InChI is InChI=1S/C15H17NO6S/c17-14(18)15-5-1-2-10(15)7-16(8-15)23(19,20)11-3-4-12-13(6-11)22-9-21-12/h3-4,6,10H,1-2,5,7-9H2,(H,17,18)/t10-,15+/m0/s1. The van der Waals surface area contributed by atoms with Crippen LogP contribution in [0, 0.1) is 11.3 Å². The van der Waals surface area contributed by atoms with E-state index >= 15 is 0 Å². The van der Waals surface area contributed by atoms with Gasteiger partial charge in [-0.3, -0.25) is 4.79 Å². The molecule has 1 aromatic carbocycles. The summed E-state index contributed by atoms with van der Waals surface area (Å²) >= 11 is 0. The normalized spacial score (nSPS) is 29.7. The summed E-state index contributed by atoms with van der Waals surface area (Å²) in [6.45, 7) is 0.388. The summed E-state index contributed by atoms with van der Waals surface area (Å²) < 4.78 is 37.5. The Bertz CT molecular complexity index is 776. The lowest BCUT2D eigenvalue weighted by Crippen LogP contribution is -2.37. The molecule has 0 spiro atoms. The molecule has 1 saturated heterocycles. The van der Waals surface area contributed by atoms with E-state index in [4.69, 9.17) is 9.47 Å². The third kappa shape index (κ3) is 2.05. The predicted octanol–water partition coefficient (Wildman–Crippen LogP) is 1.29. The zero-order valence-electron chi connectivity index (χ0n) is 12.4. The van der Waals surface area contributed by atoms with E-state index < -0.39 is 21.4 Å². The van der Waals surface area contributed by atoms with Crippen LogP contribution >= 0.6 is 0 Å². The number of carbonyl (C=O) groups is 1. The zero-order chi connectivity index (χ0) is 16.2. The molecule has 4 rings (SSSR count). The second kappa shape index (κ2) is 4.85. The summed E-state index contributed by atoms with van der Waals surface area (Å²) in [5.41, 5.74) is -0.927. The fourth-order valence-electron chi connectivity index (χ4n) is 3.96. The van der Waals surface area contributed by atoms with Crippen LogP contribution in [-0.4, -0.2) is 43.7 Å². The number of ether oxygens (including phenoxy) is 2. The first kappa shape index (κ1) is 14.8. The number of benzene rings is 1. The van der Waals surface area contributed by atoms with Crippen LogP contribution in [0.5, 0.6) is 11.5 Å². The Balaban J connectivity index is 1.67. The first-order valence-corrected chi connectivity index (χ1v) is 9.01. The van der Waals surface area contributed by atoms with Crippen molar-refractivity contribution in [2.45, 2.75) is 24.2 Å². The molecule has 1 aromatic rings. The molecule has 0 bridgehead atoms. The number of sulfonamides is 1. The third-order valence-corrected chi connectivity index (χ3v) is 7.05. The van der Waals surface area contributed by atoms with Gasteiger partial charge in [0.25, 0.3) is 0 Å². The lowest BCUT2D eigenvalue weighted by Gasteiger charge is -2.23. The van der Waals surface area contributed by atoms with Gasteiger partial charge in [-0.25, -0.2) is 8.42 Å². The van der Waals surface area contributed by atoms with Crippen LogP contribution < -0.4 is 9.47 Å². The van der Waals surface area contributed by atoms with Gasteiger partial charge in [0.2, 0.25) is 16.8 Å². The number of rotatable bonds is 3. The van der Waals surface area contributed by atoms with Gasteiger partial charge in [-0.1, -0.05) is 6.42 Å². The van der Waals surface area contributed by atoms with E-state index in [1.165, 1.54) is 16.4 Å². The molecule has 2 aliphatic heterocycles. The van der Waals surface area contributed by atoms with Crippen molar-refractivity contribution in [1.82, 2.24) is 4.31 Å². The maximum absolute atomic E-state index is 12.9. The summed E-state index contributed by atoms with van der Waals surface area (Å²) in [4.78, 5) is 11.8. The molecule has 7 nitrogen and oxygen atoms in total. The lowest BCUT2D eigenvalue weighted by atomic mass is 9.81. The molecular formula is C15H17NO6S. The molecule has 0 amide bonds. The van der Waals surface area contributed by atoms with E-state index in [0.717, 1.165) is 12.8 Å². The van der Waals surface area contributed by atoms with Crippen molar-refractivity contribution in [2.75, 3.05) is 19.9 Å². The van der Waals surface area contributed by atoms with Crippen LogP contribution in [0.25, 0.3) is 0 Å². The van der Waals surface area contributed by atoms with Gasteiger partial charge in [-0.2, -0.15) is 4.31 Å². The monoisotopic (exact) mass is 339 g/mol. The smallest absolute Gasteiger partial charge is 0.311 e. The zero-order valence-corrected chi connectivity index (χ0v) is 13.2. The average Bonchev–Trinajstić information content (AvgIpc) is 3.19. The predicted molar refractivity (Wildman–Crippen MR) is 78.7 cm³/mol. The fraction of sp³-hybridized carbons (Fsp3) is 0.533. The van der Waals surface area contributed by atoms with Gasteiger partial charge in [-0.15, -0.1) is 0 Å². The summed E-state index contributed by atoms with van der Waals surface area (Å²) in [5, 5.41) is 9.60. The highest BCUT2D eigenvalue weighted by Crippen LogP contribution is 2.50. The van der Waals surface area contributed by atoms with Gasteiger partial charge >= 0.3 is 5.97 Å². The molecule has 1 saturated carbocycles. The molecule has 3 aliphatic rings. The van der Waals surface area contributed by atoms with Gasteiger partial charge in [-0.05, 0) is 30.9 Å². The summed E-state index contributed by atoms with van der Waals surface area (Å²) in [5.74, 6) is -0.0742. The number of carboxylic acids is 1. The minimum Gasteiger partial charge on any atom is -0.481 e. The third-order valence-electron chi connectivity index (χ3n) is 5.25. The minimum atomic E-state index is -3.74. The Morgan fingerprint density at radius 3 is 2.83 bits per heavy atom. The van der Waals surface area contributed by atoms with Crippen molar-refractivity contribution in [3.63, 3.8) is 0 Å². The van der Waals surface area contributed by atoms with Gasteiger partial charge in [0, 0.05) is 19.2 Å².